The standard InChI is InChI=1S/C20H25FN6O3S/c1-5-30-18-7-6-16(11-17(18)21)31(28,29)23-9-8-22-19-12-20(25-15(4)24-19)27-14(3)10-13(2)26-27/h6-7,10-12,23H,5,8-9H2,1-4H3,(H,22,24,25). The minimum absolute atomic E-state index is 0.0145. The largest absolute Gasteiger partial charge is 0.491 e. The lowest BCUT2D eigenvalue weighted by atomic mass is 10.3. The fourth-order valence-corrected chi connectivity index (χ4v) is 4.04. The highest BCUT2D eigenvalue weighted by Crippen LogP contribution is 2.21. The Morgan fingerprint density at radius 1 is 1.10 bits per heavy atom. The molecule has 0 saturated heterocycles. The van der Waals surface area contributed by atoms with Gasteiger partial charge >= 0.3 is 0 Å². The molecule has 1 aromatic carbocycles. The molecule has 2 N–H and O–H groups in total. The van der Waals surface area contributed by atoms with Crippen molar-refractivity contribution in [1.29, 1.82) is 0 Å². The van der Waals surface area contributed by atoms with Crippen LogP contribution in [0.1, 0.15) is 24.1 Å². The second kappa shape index (κ2) is 9.40. The predicted octanol–water partition coefficient (Wildman–Crippen LogP) is 2.52. The van der Waals surface area contributed by atoms with E-state index in [0.29, 0.717) is 17.5 Å². The number of hydrogen-bond donors (Lipinski definition) is 2. The van der Waals surface area contributed by atoms with Crippen molar-refractivity contribution in [2.75, 3.05) is 25.0 Å². The highest BCUT2D eigenvalue weighted by molar-refractivity contribution is 7.89. The van der Waals surface area contributed by atoms with Gasteiger partial charge in [0.05, 0.1) is 17.2 Å². The Bertz CT molecular complexity index is 1180. The zero-order chi connectivity index (χ0) is 22.6. The van der Waals surface area contributed by atoms with Crippen LogP contribution in [0.3, 0.4) is 0 Å². The molecule has 0 atom stereocenters. The van der Waals surface area contributed by atoms with E-state index in [4.69, 9.17) is 4.74 Å². The molecule has 3 aromatic rings. The van der Waals surface area contributed by atoms with E-state index in [2.05, 4.69) is 25.1 Å². The number of nitrogens with one attached hydrogen (secondary N) is 2. The molecule has 11 heteroatoms. The van der Waals surface area contributed by atoms with Gasteiger partial charge < -0.3 is 10.1 Å². The number of benzene rings is 1. The van der Waals surface area contributed by atoms with Crippen LogP contribution in [-0.4, -0.2) is 47.9 Å². The molecule has 166 valence electrons. The molecule has 0 radical (unpaired) electrons. The van der Waals surface area contributed by atoms with Gasteiger partial charge in [-0.15, -0.1) is 0 Å². The average molecular weight is 449 g/mol. The highest BCUT2D eigenvalue weighted by atomic mass is 32.2. The van der Waals surface area contributed by atoms with Gasteiger partial charge in [-0.1, -0.05) is 0 Å². The summed E-state index contributed by atoms with van der Waals surface area (Å²) in [5.74, 6) is 1.00. The van der Waals surface area contributed by atoms with Gasteiger partial charge in [-0.2, -0.15) is 5.10 Å². The molecular formula is C20H25FN6O3S. The summed E-state index contributed by atoms with van der Waals surface area (Å²) in [5.41, 5.74) is 1.82. The van der Waals surface area contributed by atoms with Crippen LogP contribution in [0.25, 0.3) is 5.82 Å². The lowest BCUT2D eigenvalue weighted by Gasteiger charge is -2.11. The SMILES string of the molecule is CCOc1ccc(S(=O)(=O)NCCNc2cc(-n3nc(C)cc3C)nc(C)n2)cc1F. The van der Waals surface area contributed by atoms with Crippen molar-refractivity contribution < 1.29 is 17.5 Å². The van der Waals surface area contributed by atoms with Crippen molar-refractivity contribution in [2.45, 2.75) is 32.6 Å². The number of anilines is 1. The average Bonchev–Trinajstić information content (AvgIpc) is 3.04. The number of nitrogens with zero attached hydrogens (tertiary/aromatic N) is 4. The quantitative estimate of drug-likeness (QED) is 0.484. The third kappa shape index (κ3) is 5.56. The Balaban J connectivity index is 1.63. The minimum Gasteiger partial charge on any atom is -0.491 e. The smallest absolute Gasteiger partial charge is 0.240 e. The summed E-state index contributed by atoms with van der Waals surface area (Å²) in [6.45, 7) is 7.96. The molecule has 0 amide bonds. The van der Waals surface area contributed by atoms with E-state index in [1.54, 1.807) is 24.6 Å². The number of aromatic nitrogens is 4. The van der Waals surface area contributed by atoms with E-state index < -0.39 is 15.8 Å². The van der Waals surface area contributed by atoms with E-state index in [-0.39, 0.29) is 30.3 Å². The first-order valence-corrected chi connectivity index (χ1v) is 11.2. The summed E-state index contributed by atoms with van der Waals surface area (Å²) in [6.07, 6.45) is 0. The molecule has 2 heterocycles. The van der Waals surface area contributed by atoms with E-state index in [9.17, 15) is 12.8 Å². The maximum atomic E-state index is 14.0. The molecule has 0 unspecified atom stereocenters. The molecule has 2 aromatic heterocycles. The fourth-order valence-electron chi connectivity index (χ4n) is 2.99. The van der Waals surface area contributed by atoms with Crippen molar-refractivity contribution in [3.8, 4) is 11.6 Å². The summed E-state index contributed by atoms with van der Waals surface area (Å²) >= 11 is 0. The lowest BCUT2D eigenvalue weighted by molar-refractivity contribution is 0.321. The summed E-state index contributed by atoms with van der Waals surface area (Å²) in [7, 11) is -3.86. The minimum atomic E-state index is -3.86. The monoisotopic (exact) mass is 448 g/mol. The second-order valence-corrected chi connectivity index (χ2v) is 8.61. The fraction of sp³-hybridized carbons (Fsp3) is 0.350. The molecule has 0 aliphatic heterocycles. The normalized spacial score (nSPS) is 11.5. The van der Waals surface area contributed by atoms with Crippen LogP contribution in [0, 0.1) is 26.6 Å². The summed E-state index contributed by atoms with van der Waals surface area (Å²) in [5, 5.41) is 7.49. The van der Waals surface area contributed by atoms with Crippen LogP contribution in [0.2, 0.25) is 0 Å². The van der Waals surface area contributed by atoms with Gasteiger partial charge in [0.1, 0.15) is 11.6 Å². The van der Waals surface area contributed by atoms with Crippen LogP contribution in [0.15, 0.2) is 35.2 Å². The third-order valence-corrected chi connectivity index (χ3v) is 5.75. The van der Waals surface area contributed by atoms with Gasteiger partial charge in [0.15, 0.2) is 17.4 Å². The molecule has 0 aliphatic rings. The Hall–Kier alpha value is -3.05. The van der Waals surface area contributed by atoms with Crippen molar-refractivity contribution >= 4 is 15.8 Å². The van der Waals surface area contributed by atoms with Gasteiger partial charge in [0, 0.05) is 24.8 Å². The van der Waals surface area contributed by atoms with Gasteiger partial charge in [0.2, 0.25) is 10.0 Å². The summed E-state index contributed by atoms with van der Waals surface area (Å²) in [6, 6.07) is 7.23. The predicted molar refractivity (Wildman–Crippen MR) is 115 cm³/mol. The molecule has 0 spiro atoms. The topological polar surface area (TPSA) is 111 Å². The van der Waals surface area contributed by atoms with Gasteiger partial charge in [-0.3, -0.25) is 0 Å². The van der Waals surface area contributed by atoms with Gasteiger partial charge in [-0.05, 0) is 52.0 Å². The number of ether oxygens (including phenoxy) is 1. The zero-order valence-corrected chi connectivity index (χ0v) is 18.6. The third-order valence-electron chi connectivity index (χ3n) is 4.29. The number of sulfonamides is 1. The highest BCUT2D eigenvalue weighted by Gasteiger charge is 2.16. The maximum absolute atomic E-state index is 14.0. The van der Waals surface area contributed by atoms with E-state index >= 15 is 0 Å². The molecule has 31 heavy (non-hydrogen) atoms. The molecule has 0 bridgehead atoms. The number of aryl methyl sites for hydroxylation is 3. The Labute approximate surface area is 180 Å². The van der Waals surface area contributed by atoms with Gasteiger partial charge in [0.25, 0.3) is 0 Å². The van der Waals surface area contributed by atoms with Crippen LogP contribution in [0.5, 0.6) is 5.75 Å². The second-order valence-electron chi connectivity index (χ2n) is 6.85. The van der Waals surface area contributed by atoms with Crippen LogP contribution >= 0.6 is 0 Å². The van der Waals surface area contributed by atoms with E-state index in [1.165, 1.54) is 12.1 Å². The molecule has 0 aliphatic carbocycles. The maximum Gasteiger partial charge on any atom is 0.240 e. The molecule has 0 saturated carbocycles. The Morgan fingerprint density at radius 2 is 1.87 bits per heavy atom. The summed E-state index contributed by atoms with van der Waals surface area (Å²) < 4.78 is 48.1. The van der Waals surface area contributed by atoms with Crippen LogP contribution < -0.4 is 14.8 Å². The van der Waals surface area contributed by atoms with Crippen molar-refractivity contribution in [1.82, 2.24) is 24.5 Å². The van der Waals surface area contributed by atoms with Crippen molar-refractivity contribution in [3.63, 3.8) is 0 Å². The molecule has 9 nitrogen and oxygen atoms in total. The Morgan fingerprint density at radius 3 is 2.52 bits per heavy atom. The van der Waals surface area contributed by atoms with Crippen LogP contribution in [0.4, 0.5) is 10.2 Å². The number of rotatable bonds is 9. The first-order chi connectivity index (χ1) is 14.7. The molecule has 3 rings (SSSR count). The van der Waals surface area contributed by atoms with E-state index in [0.717, 1.165) is 17.5 Å². The Kier molecular flexibility index (Phi) is 6.86. The van der Waals surface area contributed by atoms with E-state index in [1.807, 2.05) is 19.9 Å². The first kappa shape index (κ1) is 22.6. The van der Waals surface area contributed by atoms with Gasteiger partial charge in [-0.25, -0.2) is 32.2 Å². The van der Waals surface area contributed by atoms with Crippen molar-refractivity contribution in [2.24, 2.45) is 0 Å². The van der Waals surface area contributed by atoms with Crippen molar-refractivity contribution in [3.05, 3.63) is 53.4 Å². The molecular weight excluding hydrogens is 423 g/mol. The lowest BCUT2D eigenvalue weighted by Crippen LogP contribution is -2.29. The number of hydrogen-bond acceptors (Lipinski definition) is 7. The first-order valence-electron chi connectivity index (χ1n) is 9.75. The summed E-state index contributed by atoms with van der Waals surface area (Å²) in [4.78, 5) is 8.56. The number of halogens is 1. The molecule has 0 fully saturated rings. The zero-order valence-electron chi connectivity index (χ0n) is 17.8. The van der Waals surface area contributed by atoms with Crippen LogP contribution in [-0.2, 0) is 10.0 Å².